The first-order valence-corrected chi connectivity index (χ1v) is 14.5. The Morgan fingerprint density at radius 3 is 2.22 bits per heavy atom. The number of amides is 3. The Labute approximate surface area is 212 Å². The van der Waals surface area contributed by atoms with Crippen molar-refractivity contribution in [3.8, 4) is 0 Å². The molecule has 5 aliphatic carbocycles. The van der Waals surface area contributed by atoms with Crippen LogP contribution in [0.5, 0.6) is 0 Å². The quantitative estimate of drug-likeness (QED) is 0.568. The maximum Gasteiger partial charge on any atom is 0.422 e. The van der Waals surface area contributed by atoms with Crippen molar-refractivity contribution >= 4 is 22.3 Å². The van der Waals surface area contributed by atoms with Gasteiger partial charge in [-0.15, -0.1) is 0 Å². The van der Waals surface area contributed by atoms with E-state index >= 15 is 0 Å². The maximum atomic E-state index is 13.3. The lowest BCUT2D eigenvalue weighted by Crippen LogP contribution is -2.68. The molecule has 4 bridgehead atoms. The third-order valence-electron chi connectivity index (χ3n) is 9.23. The van der Waals surface area contributed by atoms with Crippen LogP contribution in [-0.2, 0) is 23.1 Å². The highest BCUT2D eigenvalue weighted by Gasteiger charge is 2.61. The molecule has 1 aromatic carbocycles. The summed E-state index contributed by atoms with van der Waals surface area (Å²) in [6, 6.07) is 8.50. The van der Waals surface area contributed by atoms with E-state index in [2.05, 4.69) is 39.2 Å². The molecule has 1 spiro atoms. The van der Waals surface area contributed by atoms with E-state index in [4.69, 9.17) is 0 Å². The summed E-state index contributed by atoms with van der Waals surface area (Å²) >= 11 is 0. The molecule has 196 valence electrons. The molecule has 7 rings (SSSR count). The average Bonchev–Trinajstić information content (AvgIpc) is 3.22. The van der Waals surface area contributed by atoms with Gasteiger partial charge < -0.3 is 15.3 Å². The summed E-state index contributed by atoms with van der Waals surface area (Å²) in [6.45, 7) is 5.43. The Morgan fingerprint density at radius 2 is 1.69 bits per heavy atom. The third kappa shape index (κ3) is 3.70. The molecule has 3 N–H and O–H groups in total. The van der Waals surface area contributed by atoms with Gasteiger partial charge in [-0.05, 0) is 94.6 Å². The second-order valence-electron chi connectivity index (χ2n) is 13.0. The highest BCUT2D eigenvalue weighted by Crippen LogP contribution is 2.58. The Kier molecular flexibility index (Phi) is 5.07. The molecule has 0 radical (unpaired) electrons. The topological polar surface area (TPSA) is 119 Å². The number of carboxylic acid groups (broad SMARTS) is 1. The summed E-state index contributed by atoms with van der Waals surface area (Å²) in [5.41, 5.74) is 0.606. The molecule has 5 fully saturated rings. The number of carbonyl (C=O) groups excluding carboxylic acids is 1. The van der Waals surface area contributed by atoms with E-state index in [1.807, 2.05) is 0 Å². The number of hydrogen-bond donors (Lipinski definition) is 3. The van der Waals surface area contributed by atoms with Gasteiger partial charge in [-0.1, -0.05) is 24.3 Å². The molecule has 36 heavy (non-hydrogen) atoms. The van der Waals surface area contributed by atoms with Gasteiger partial charge in [0, 0.05) is 18.1 Å². The predicted molar refractivity (Wildman–Crippen MR) is 134 cm³/mol. The summed E-state index contributed by atoms with van der Waals surface area (Å²) < 4.78 is 30.1. The lowest BCUT2D eigenvalue weighted by atomic mass is 9.51. The highest BCUT2D eigenvalue weighted by atomic mass is 32.2. The first kappa shape index (κ1) is 24.0. The van der Waals surface area contributed by atoms with Crippen molar-refractivity contribution in [1.29, 1.82) is 0 Å². The first-order chi connectivity index (χ1) is 16.8. The summed E-state index contributed by atoms with van der Waals surface area (Å²) in [5, 5.41) is 13.0. The molecule has 4 saturated carbocycles. The SMILES string of the molecule is CC(C)(C)N(C(=O)O)S(=O)(=O)NC12CC3CC(C1)C(N1CC4(Cc5ccccc5C4)NC1=O)C(C3)C2. The molecule has 1 heterocycles. The highest BCUT2D eigenvalue weighted by molar-refractivity contribution is 7.87. The van der Waals surface area contributed by atoms with Crippen LogP contribution in [0.1, 0.15) is 64.0 Å². The van der Waals surface area contributed by atoms with Gasteiger partial charge >= 0.3 is 22.3 Å². The lowest BCUT2D eigenvalue weighted by molar-refractivity contribution is -0.0672. The van der Waals surface area contributed by atoms with Gasteiger partial charge in [-0.2, -0.15) is 17.4 Å². The van der Waals surface area contributed by atoms with Crippen LogP contribution in [0.25, 0.3) is 0 Å². The standard InChI is InChI=1S/C26H36N4O5S/c1-24(2,3)30(23(32)33)36(34,35)28-25-10-16-8-19(13-25)21(20(9-16)14-25)29-15-26(27-22(29)31)11-17-6-4-5-7-18(17)12-26/h4-7,16,19-21,28H,8-15H2,1-3H3,(H,27,31)(H,32,33). The third-order valence-corrected chi connectivity index (χ3v) is 11.1. The number of nitrogens with one attached hydrogen (secondary N) is 2. The molecule has 9 nitrogen and oxygen atoms in total. The van der Waals surface area contributed by atoms with E-state index in [-0.39, 0.29) is 29.4 Å². The molecule has 0 aromatic heterocycles. The molecule has 1 aliphatic heterocycles. The average molecular weight is 517 g/mol. The first-order valence-electron chi connectivity index (χ1n) is 13.0. The van der Waals surface area contributed by atoms with Gasteiger partial charge in [-0.3, -0.25) is 0 Å². The molecule has 6 aliphatic rings. The second-order valence-corrected chi connectivity index (χ2v) is 14.5. The fraction of sp³-hybridized carbons (Fsp3) is 0.692. The van der Waals surface area contributed by atoms with Crippen LogP contribution in [0.3, 0.4) is 0 Å². The fourth-order valence-electron chi connectivity index (χ4n) is 8.57. The zero-order chi connectivity index (χ0) is 25.7. The maximum absolute atomic E-state index is 13.3. The van der Waals surface area contributed by atoms with Crippen molar-refractivity contribution in [1.82, 2.24) is 19.2 Å². The van der Waals surface area contributed by atoms with Crippen LogP contribution in [0.2, 0.25) is 0 Å². The molecule has 1 aromatic rings. The van der Waals surface area contributed by atoms with Gasteiger partial charge in [-0.25, -0.2) is 9.59 Å². The predicted octanol–water partition coefficient (Wildman–Crippen LogP) is 3.11. The summed E-state index contributed by atoms with van der Waals surface area (Å²) in [6.07, 6.45) is 4.20. The van der Waals surface area contributed by atoms with Crippen LogP contribution in [0.4, 0.5) is 9.59 Å². The summed E-state index contributed by atoms with van der Waals surface area (Å²) in [4.78, 5) is 27.3. The Hall–Kier alpha value is -2.33. The number of hydrogen-bond acceptors (Lipinski definition) is 4. The van der Waals surface area contributed by atoms with Crippen molar-refractivity contribution in [2.24, 2.45) is 17.8 Å². The van der Waals surface area contributed by atoms with Crippen LogP contribution in [0, 0.1) is 17.8 Å². The van der Waals surface area contributed by atoms with Crippen LogP contribution in [0.15, 0.2) is 24.3 Å². The largest absolute Gasteiger partial charge is 0.464 e. The van der Waals surface area contributed by atoms with Crippen LogP contribution in [-0.4, -0.2) is 64.1 Å². The number of urea groups is 1. The minimum Gasteiger partial charge on any atom is -0.464 e. The number of benzene rings is 1. The molecule has 1 saturated heterocycles. The van der Waals surface area contributed by atoms with E-state index < -0.39 is 27.4 Å². The number of carbonyl (C=O) groups is 2. The minimum atomic E-state index is -4.25. The zero-order valence-electron chi connectivity index (χ0n) is 21.2. The molecular formula is C26H36N4O5S. The molecule has 3 amide bonds. The van der Waals surface area contributed by atoms with Gasteiger partial charge in [0.15, 0.2) is 0 Å². The Balaban J connectivity index is 1.23. The van der Waals surface area contributed by atoms with E-state index in [1.165, 1.54) is 11.1 Å². The fourth-order valence-corrected chi connectivity index (χ4v) is 10.4. The molecular weight excluding hydrogens is 480 g/mol. The second kappa shape index (κ2) is 7.60. The number of nitrogens with zero attached hydrogens (tertiary/aromatic N) is 2. The van der Waals surface area contributed by atoms with Gasteiger partial charge in [0.1, 0.15) is 0 Å². The lowest BCUT2D eigenvalue weighted by Gasteiger charge is -2.61. The van der Waals surface area contributed by atoms with Gasteiger partial charge in [0.25, 0.3) is 0 Å². The van der Waals surface area contributed by atoms with Crippen LogP contribution >= 0.6 is 0 Å². The molecule has 2 unspecified atom stereocenters. The van der Waals surface area contributed by atoms with Crippen molar-refractivity contribution in [2.45, 2.75) is 88.4 Å². The van der Waals surface area contributed by atoms with Crippen LogP contribution < -0.4 is 10.0 Å². The molecule has 2 atom stereocenters. The monoisotopic (exact) mass is 516 g/mol. The van der Waals surface area contributed by atoms with E-state index in [0.29, 0.717) is 29.6 Å². The van der Waals surface area contributed by atoms with Gasteiger partial charge in [0.05, 0.1) is 11.1 Å². The van der Waals surface area contributed by atoms with E-state index in [9.17, 15) is 23.1 Å². The van der Waals surface area contributed by atoms with Crippen molar-refractivity contribution in [2.75, 3.05) is 6.54 Å². The van der Waals surface area contributed by atoms with E-state index in [1.54, 1.807) is 20.8 Å². The van der Waals surface area contributed by atoms with Crippen molar-refractivity contribution < 1.29 is 23.1 Å². The summed E-state index contributed by atoms with van der Waals surface area (Å²) in [7, 11) is -4.25. The number of fused-ring (bicyclic) bond motifs is 1. The number of rotatable bonds is 4. The smallest absolute Gasteiger partial charge is 0.422 e. The normalized spacial score (nSPS) is 34.2. The Morgan fingerprint density at radius 1 is 1.11 bits per heavy atom. The Bertz CT molecular complexity index is 1180. The van der Waals surface area contributed by atoms with E-state index in [0.717, 1.165) is 32.1 Å². The zero-order valence-corrected chi connectivity index (χ0v) is 22.0. The van der Waals surface area contributed by atoms with Gasteiger partial charge in [0.2, 0.25) is 0 Å². The van der Waals surface area contributed by atoms with Crippen molar-refractivity contribution in [3.63, 3.8) is 0 Å². The van der Waals surface area contributed by atoms with Crippen molar-refractivity contribution in [3.05, 3.63) is 35.4 Å². The molecule has 10 heteroatoms. The minimum absolute atomic E-state index is 0.000282. The summed E-state index contributed by atoms with van der Waals surface area (Å²) in [5.74, 6) is 0.804.